The van der Waals surface area contributed by atoms with E-state index in [9.17, 15) is 9.18 Å². The minimum absolute atomic E-state index is 0.0563. The van der Waals surface area contributed by atoms with Gasteiger partial charge in [0.2, 0.25) is 5.78 Å². The summed E-state index contributed by atoms with van der Waals surface area (Å²) < 4.78 is 24.4. The number of fused-ring (bicyclic) bond motifs is 1. The third-order valence-electron chi connectivity index (χ3n) is 4.27. The Labute approximate surface area is 116 Å². The van der Waals surface area contributed by atoms with Gasteiger partial charge in [0.15, 0.2) is 5.76 Å². The van der Waals surface area contributed by atoms with Gasteiger partial charge >= 0.3 is 0 Å². The molecule has 0 aliphatic carbocycles. The van der Waals surface area contributed by atoms with Crippen LogP contribution in [-0.4, -0.2) is 18.0 Å². The van der Waals surface area contributed by atoms with E-state index < -0.39 is 0 Å². The van der Waals surface area contributed by atoms with Gasteiger partial charge in [-0.3, -0.25) is 4.79 Å². The van der Waals surface area contributed by atoms with Gasteiger partial charge in [-0.15, -0.1) is 0 Å². The smallest absolute Gasteiger partial charge is 0.204 e. The molecule has 20 heavy (non-hydrogen) atoms. The molecule has 106 valence electrons. The Morgan fingerprint density at radius 1 is 1.15 bits per heavy atom. The van der Waals surface area contributed by atoms with E-state index in [4.69, 9.17) is 9.15 Å². The number of benzene rings is 1. The van der Waals surface area contributed by atoms with Crippen LogP contribution < -0.4 is 0 Å². The molecule has 1 aliphatic rings. The van der Waals surface area contributed by atoms with Crippen molar-refractivity contribution in [3.8, 4) is 0 Å². The minimum atomic E-state index is -0.336. The van der Waals surface area contributed by atoms with Crippen molar-refractivity contribution in [2.75, 3.05) is 0 Å². The maximum absolute atomic E-state index is 13.2. The van der Waals surface area contributed by atoms with Crippen LogP contribution in [0.4, 0.5) is 4.39 Å². The first-order valence-electron chi connectivity index (χ1n) is 6.86. The van der Waals surface area contributed by atoms with Gasteiger partial charge in [0.1, 0.15) is 11.4 Å². The highest BCUT2D eigenvalue weighted by Gasteiger charge is 2.42. The SMILES string of the molecule is CC1OC(C)C(C(=O)c2cc3cc(F)ccc3o2)C1C. The van der Waals surface area contributed by atoms with E-state index >= 15 is 0 Å². The number of hydrogen-bond acceptors (Lipinski definition) is 3. The summed E-state index contributed by atoms with van der Waals surface area (Å²) in [6.07, 6.45) is -0.0711. The molecule has 1 fully saturated rings. The highest BCUT2D eigenvalue weighted by Crippen LogP contribution is 2.35. The topological polar surface area (TPSA) is 39.4 Å². The Morgan fingerprint density at radius 3 is 2.55 bits per heavy atom. The molecule has 1 aromatic heterocycles. The van der Waals surface area contributed by atoms with Gasteiger partial charge in [0, 0.05) is 5.39 Å². The normalized spacial score (nSPS) is 30.0. The lowest BCUT2D eigenvalue weighted by atomic mass is 9.85. The van der Waals surface area contributed by atoms with Gasteiger partial charge in [0.25, 0.3) is 0 Å². The van der Waals surface area contributed by atoms with Gasteiger partial charge in [-0.25, -0.2) is 4.39 Å². The number of rotatable bonds is 2. The molecule has 1 saturated heterocycles. The van der Waals surface area contributed by atoms with Gasteiger partial charge in [-0.1, -0.05) is 6.92 Å². The average molecular weight is 276 g/mol. The van der Waals surface area contributed by atoms with Crippen LogP contribution in [-0.2, 0) is 4.74 Å². The first-order chi connectivity index (χ1) is 9.47. The van der Waals surface area contributed by atoms with Crippen LogP contribution in [0.25, 0.3) is 11.0 Å². The molecular formula is C16H17FO3. The van der Waals surface area contributed by atoms with E-state index in [1.54, 1.807) is 12.1 Å². The zero-order chi connectivity index (χ0) is 14.4. The van der Waals surface area contributed by atoms with Crippen molar-refractivity contribution < 1.29 is 18.3 Å². The van der Waals surface area contributed by atoms with Crippen molar-refractivity contribution in [1.82, 2.24) is 0 Å². The molecule has 0 spiro atoms. The first kappa shape index (κ1) is 13.3. The molecule has 0 saturated carbocycles. The molecule has 0 amide bonds. The van der Waals surface area contributed by atoms with E-state index in [1.807, 2.05) is 20.8 Å². The van der Waals surface area contributed by atoms with Crippen molar-refractivity contribution >= 4 is 16.8 Å². The maximum Gasteiger partial charge on any atom is 0.204 e. The molecule has 0 radical (unpaired) electrons. The second kappa shape index (κ2) is 4.70. The van der Waals surface area contributed by atoms with Crippen molar-refractivity contribution in [1.29, 1.82) is 0 Å². The largest absolute Gasteiger partial charge is 0.453 e. The first-order valence-corrected chi connectivity index (χ1v) is 6.86. The van der Waals surface area contributed by atoms with E-state index in [0.29, 0.717) is 11.0 Å². The van der Waals surface area contributed by atoms with Gasteiger partial charge in [0.05, 0.1) is 18.1 Å². The standard InChI is InChI=1S/C16H17FO3/c1-8-9(2)19-10(3)15(8)16(18)14-7-11-6-12(17)4-5-13(11)20-14/h4-10,15H,1-3H3. The zero-order valence-electron chi connectivity index (χ0n) is 11.7. The predicted molar refractivity (Wildman–Crippen MR) is 73.2 cm³/mol. The Hall–Kier alpha value is -1.68. The highest BCUT2D eigenvalue weighted by molar-refractivity contribution is 5.99. The molecule has 3 rings (SSSR count). The second-order valence-electron chi connectivity index (χ2n) is 5.59. The molecule has 2 heterocycles. The molecule has 1 aliphatic heterocycles. The Bertz CT molecular complexity index is 661. The lowest BCUT2D eigenvalue weighted by molar-refractivity contribution is 0.0485. The molecule has 3 nitrogen and oxygen atoms in total. The Kier molecular flexibility index (Phi) is 3.13. The summed E-state index contributed by atoms with van der Waals surface area (Å²) in [6, 6.07) is 5.85. The van der Waals surface area contributed by atoms with E-state index in [0.717, 1.165) is 0 Å². The fourth-order valence-electron chi connectivity index (χ4n) is 3.02. The number of ether oxygens (including phenoxy) is 1. The molecule has 4 heteroatoms. The summed E-state index contributed by atoms with van der Waals surface area (Å²) in [4.78, 5) is 12.6. The molecule has 1 aromatic carbocycles. The summed E-state index contributed by atoms with van der Waals surface area (Å²) in [5, 5.41) is 0.612. The Balaban J connectivity index is 1.96. The Morgan fingerprint density at radius 2 is 1.90 bits per heavy atom. The lowest BCUT2D eigenvalue weighted by Crippen LogP contribution is -2.26. The maximum atomic E-state index is 13.2. The molecule has 4 unspecified atom stereocenters. The third kappa shape index (κ3) is 2.04. The van der Waals surface area contributed by atoms with Crippen LogP contribution in [0.3, 0.4) is 0 Å². The van der Waals surface area contributed by atoms with Crippen LogP contribution in [0.1, 0.15) is 31.3 Å². The molecule has 0 bridgehead atoms. The third-order valence-corrected chi connectivity index (χ3v) is 4.27. The average Bonchev–Trinajstić information content (AvgIpc) is 2.91. The number of carbonyl (C=O) groups is 1. The summed E-state index contributed by atoms with van der Waals surface area (Å²) in [5.74, 6) is -0.187. The summed E-state index contributed by atoms with van der Waals surface area (Å²) in [6.45, 7) is 5.90. The van der Waals surface area contributed by atoms with Gasteiger partial charge in [-0.05, 0) is 44.0 Å². The van der Waals surface area contributed by atoms with Crippen LogP contribution in [0.2, 0.25) is 0 Å². The summed E-state index contributed by atoms with van der Waals surface area (Å²) in [5.41, 5.74) is 0.530. The van der Waals surface area contributed by atoms with E-state index in [1.165, 1.54) is 12.1 Å². The van der Waals surface area contributed by atoms with E-state index in [-0.39, 0.29) is 41.4 Å². The number of furan rings is 1. The predicted octanol–water partition coefficient (Wildman–Crippen LogP) is 3.81. The zero-order valence-corrected chi connectivity index (χ0v) is 11.7. The van der Waals surface area contributed by atoms with Crippen LogP contribution in [0.15, 0.2) is 28.7 Å². The minimum Gasteiger partial charge on any atom is -0.453 e. The number of ketones is 1. The molecule has 0 N–H and O–H groups in total. The quantitative estimate of drug-likeness (QED) is 0.783. The van der Waals surface area contributed by atoms with Crippen molar-refractivity contribution in [2.45, 2.75) is 33.0 Å². The highest BCUT2D eigenvalue weighted by atomic mass is 19.1. The van der Waals surface area contributed by atoms with E-state index in [2.05, 4.69) is 0 Å². The monoisotopic (exact) mass is 276 g/mol. The summed E-state index contributed by atoms with van der Waals surface area (Å²) in [7, 11) is 0. The fourth-order valence-corrected chi connectivity index (χ4v) is 3.02. The van der Waals surface area contributed by atoms with Gasteiger partial charge < -0.3 is 9.15 Å². The van der Waals surface area contributed by atoms with Crippen LogP contribution in [0, 0.1) is 17.7 Å². The van der Waals surface area contributed by atoms with Gasteiger partial charge in [-0.2, -0.15) is 0 Å². The number of hydrogen-bond donors (Lipinski definition) is 0. The lowest BCUT2D eigenvalue weighted by Gasteiger charge is -2.15. The number of Topliss-reactive ketones (excluding diaryl/α,β-unsaturated/α-hetero) is 1. The van der Waals surface area contributed by atoms with Crippen molar-refractivity contribution in [3.05, 3.63) is 35.8 Å². The van der Waals surface area contributed by atoms with Crippen molar-refractivity contribution in [3.63, 3.8) is 0 Å². The number of halogens is 1. The molecule has 2 aromatic rings. The molecule has 4 atom stereocenters. The number of carbonyl (C=O) groups excluding carboxylic acids is 1. The second-order valence-corrected chi connectivity index (χ2v) is 5.59. The van der Waals surface area contributed by atoms with Crippen molar-refractivity contribution in [2.24, 2.45) is 11.8 Å². The van der Waals surface area contributed by atoms with Crippen LogP contribution in [0.5, 0.6) is 0 Å². The molecular weight excluding hydrogens is 259 g/mol. The fraction of sp³-hybridized carbons (Fsp3) is 0.438. The van der Waals surface area contributed by atoms with Crippen LogP contribution >= 0.6 is 0 Å². The summed E-state index contributed by atoms with van der Waals surface area (Å²) >= 11 is 0.